The van der Waals surface area contributed by atoms with Crippen LogP contribution in [0.15, 0.2) is 23.1 Å². The molecular formula is C12H18N4O3S. The Bertz CT molecular complexity index is 626. The van der Waals surface area contributed by atoms with Crippen molar-refractivity contribution in [3.8, 4) is 0 Å². The molecule has 1 aliphatic carbocycles. The summed E-state index contributed by atoms with van der Waals surface area (Å²) in [7, 11) is -3.78. The van der Waals surface area contributed by atoms with E-state index in [0.29, 0.717) is 5.69 Å². The van der Waals surface area contributed by atoms with Crippen LogP contribution in [-0.2, 0) is 14.8 Å². The Morgan fingerprint density at radius 1 is 1.40 bits per heavy atom. The van der Waals surface area contributed by atoms with Crippen molar-refractivity contribution < 1.29 is 13.2 Å². The maximum Gasteiger partial charge on any atom is 0.242 e. The standard InChI is InChI=1S/C12H18N4O3S/c1-7(12(17)16-8-2-3-8)15-11-5-4-9(6-10(11)13)20(14,18)19/h4-8,15H,2-3,13H2,1H3,(H,16,17)(H2,14,18,19). The molecule has 0 bridgehead atoms. The van der Waals surface area contributed by atoms with Crippen LogP contribution in [0.5, 0.6) is 0 Å². The second-order valence-corrected chi connectivity index (χ2v) is 6.50. The number of carbonyl (C=O) groups excluding carboxylic acids is 1. The molecule has 6 N–H and O–H groups in total. The number of hydrogen-bond donors (Lipinski definition) is 4. The SMILES string of the molecule is CC(Nc1ccc(S(N)(=O)=O)cc1N)C(=O)NC1CC1. The number of amides is 1. The Morgan fingerprint density at radius 2 is 2.05 bits per heavy atom. The molecule has 1 aliphatic rings. The van der Waals surface area contributed by atoms with Crippen LogP contribution in [-0.4, -0.2) is 26.4 Å². The average Bonchev–Trinajstić information content (AvgIpc) is 3.14. The molecule has 8 heteroatoms. The first-order valence-electron chi connectivity index (χ1n) is 6.26. The van der Waals surface area contributed by atoms with E-state index in [2.05, 4.69) is 10.6 Å². The van der Waals surface area contributed by atoms with Crippen molar-refractivity contribution in [3.05, 3.63) is 18.2 Å². The predicted molar refractivity (Wildman–Crippen MR) is 76.5 cm³/mol. The molecule has 20 heavy (non-hydrogen) atoms. The fourth-order valence-electron chi connectivity index (χ4n) is 1.70. The molecule has 2 rings (SSSR count). The van der Waals surface area contributed by atoms with Gasteiger partial charge in [-0.15, -0.1) is 0 Å². The van der Waals surface area contributed by atoms with Gasteiger partial charge in [-0.25, -0.2) is 13.6 Å². The lowest BCUT2D eigenvalue weighted by Crippen LogP contribution is -2.38. The minimum atomic E-state index is -3.78. The molecule has 0 saturated heterocycles. The van der Waals surface area contributed by atoms with E-state index in [-0.39, 0.29) is 22.5 Å². The minimum absolute atomic E-state index is 0.0596. The van der Waals surface area contributed by atoms with E-state index in [4.69, 9.17) is 10.9 Å². The van der Waals surface area contributed by atoms with Crippen LogP contribution in [0.1, 0.15) is 19.8 Å². The van der Waals surface area contributed by atoms with Gasteiger partial charge in [-0.3, -0.25) is 4.79 Å². The van der Waals surface area contributed by atoms with Crippen LogP contribution >= 0.6 is 0 Å². The Balaban J connectivity index is 2.07. The van der Waals surface area contributed by atoms with Crippen molar-refractivity contribution in [1.82, 2.24) is 5.32 Å². The van der Waals surface area contributed by atoms with Gasteiger partial charge in [0.2, 0.25) is 15.9 Å². The third-order valence-electron chi connectivity index (χ3n) is 3.04. The molecule has 0 radical (unpaired) electrons. The quantitative estimate of drug-likeness (QED) is 0.569. The van der Waals surface area contributed by atoms with E-state index in [1.807, 2.05) is 0 Å². The first kappa shape index (κ1) is 14.6. The van der Waals surface area contributed by atoms with Crippen molar-refractivity contribution in [1.29, 1.82) is 0 Å². The van der Waals surface area contributed by atoms with Gasteiger partial charge in [-0.2, -0.15) is 0 Å². The zero-order valence-corrected chi connectivity index (χ0v) is 11.9. The summed E-state index contributed by atoms with van der Waals surface area (Å²) in [4.78, 5) is 11.7. The number of benzene rings is 1. The lowest BCUT2D eigenvalue weighted by atomic mass is 10.2. The highest BCUT2D eigenvalue weighted by atomic mass is 32.2. The van der Waals surface area contributed by atoms with Crippen molar-refractivity contribution in [2.45, 2.75) is 36.7 Å². The Morgan fingerprint density at radius 3 is 2.55 bits per heavy atom. The topological polar surface area (TPSA) is 127 Å². The molecule has 1 atom stereocenters. The van der Waals surface area contributed by atoms with Crippen LogP contribution < -0.4 is 21.5 Å². The fourth-order valence-corrected chi connectivity index (χ4v) is 2.25. The third-order valence-corrected chi connectivity index (χ3v) is 3.95. The molecule has 1 saturated carbocycles. The fraction of sp³-hybridized carbons (Fsp3) is 0.417. The summed E-state index contributed by atoms with van der Waals surface area (Å²) in [6, 6.07) is 3.94. The van der Waals surface area contributed by atoms with E-state index in [0.717, 1.165) is 12.8 Å². The second kappa shape index (κ2) is 5.29. The van der Waals surface area contributed by atoms with Gasteiger partial charge in [-0.05, 0) is 38.0 Å². The van der Waals surface area contributed by atoms with Crippen LogP contribution in [0.4, 0.5) is 11.4 Å². The second-order valence-electron chi connectivity index (χ2n) is 4.94. The smallest absolute Gasteiger partial charge is 0.242 e. The molecule has 1 fully saturated rings. The number of hydrogen-bond acceptors (Lipinski definition) is 5. The number of rotatable bonds is 5. The highest BCUT2D eigenvalue weighted by Gasteiger charge is 2.25. The molecule has 1 aromatic rings. The maximum absolute atomic E-state index is 11.8. The Labute approximate surface area is 117 Å². The lowest BCUT2D eigenvalue weighted by molar-refractivity contribution is -0.121. The number of nitrogen functional groups attached to an aromatic ring is 1. The number of anilines is 2. The Kier molecular flexibility index (Phi) is 3.87. The highest BCUT2D eigenvalue weighted by molar-refractivity contribution is 7.89. The lowest BCUT2D eigenvalue weighted by Gasteiger charge is -2.16. The molecule has 1 unspecified atom stereocenters. The highest BCUT2D eigenvalue weighted by Crippen LogP contribution is 2.23. The van der Waals surface area contributed by atoms with Gasteiger partial charge in [0.25, 0.3) is 0 Å². The van der Waals surface area contributed by atoms with Gasteiger partial charge >= 0.3 is 0 Å². The molecule has 0 aromatic heterocycles. The van der Waals surface area contributed by atoms with E-state index in [1.165, 1.54) is 18.2 Å². The zero-order chi connectivity index (χ0) is 14.9. The molecule has 1 amide bonds. The van der Waals surface area contributed by atoms with E-state index in [1.54, 1.807) is 6.92 Å². The summed E-state index contributed by atoms with van der Waals surface area (Å²) in [6.07, 6.45) is 2.04. The summed E-state index contributed by atoms with van der Waals surface area (Å²) in [5.41, 5.74) is 6.49. The van der Waals surface area contributed by atoms with Gasteiger partial charge in [0.1, 0.15) is 6.04 Å². The number of carbonyl (C=O) groups is 1. The van der Waals surface area contributed by atoms with Crippen LogP contribution in [0.25, 0.3) is 0 Å². The van der Waals surface area contributed by atoms with Crippen molar-refractivity contribution in [3.63, 3.8) is 0 Å². The summed E-state index contributed by atoms with van der Waals surface area (Å²) >= 11 is 0. The normalized spacial score (nSPS) is 16.5. The van der Waals surface area contributed by atoms with Crippen molar-refractivity contribution in [2.75, 3.05) is 11.1 Å². The van der Waals surface area contributed by atoms with Gasteiger partial charge in [0, 0.05) is 6.04 Å². The molecular weight excluding hydrogens is 280 g/mol. The van der Waals surface area contributed by atoms with Gasteiger partial charge < -0.3 is 16.4 Å². The molecule has 7 nitrogen and oxygen atoms in total. The first-order chi connectivity index (χ1) is 9.27. The summed E-state index contributed by atoms with van der Waals surface area (Å²) in [6.45, 7) is 1.71. The predicted octanol–water partition coefficient (Wildman–Crippen LogP) is -0.00480. The third kappa shape index (κ3) is 3.61. The number of primary sulfonamides is 1. The van der Waals surface area contributed by atoms with E-state index < -0.39 is 16.1 Å². The minimum Gasteiger partial charge on any atom is -0.397 e. The Hall–Kier alpha value is -1.80. The molecule has 110 valence electrons. The first-order valence-corrected chi connectivity index (χ1v) is 7.81. The number of sulfonamides is 1. The van der Waals surface area contributed by atoms with Crippen LogP contribution in [0, 0.1) is 0 Å². The zero-order valence-electron chi connectivity index (χ0n) is 11.1. The van der Waals surface area contributed by atoms with Crippen LogP contribution in [0.3, 0.4) is 0 Å². The van der Waals surface area contributed by atoms with E-state index in [9.17, 15) is 13.2 Å². The average molecular weight is 298 g/mol. The van der Waals surface area contributed by atoms with Crippen molar-refractivity contribution in [2.24, 2.45) is 5.14 Å². The molecule has 0 aliphatic heterocycles. The molecule has 0 heterocycles. The summed E-state index contributed by atoms with van der Waals surface area (Å²) in [5.74, 6) is -0.109. The molecule has 1 aromatic carbocycles. The van der Waals surface area contributed by atoms with Crippen LogP contribution in [0.2, 0.25) is 0 Å². The van der Waals surface area contributed by atoms with E-state index >= 15 is 0 Å². The van der Waals surface area contributed by atoms with Gasteiger partial charge in [-0.1, -0.05) is 0 Å². The maximum atomic E-state index is 11.8. The van der Waals surface area contributed by atoms with Gasteiger partial charge in [0.15, 0.2) is 0 Å². The summed E-state index contributed by atoms with van der Waals surface area (Å²) < 4.78 is 22.4. The largest absolute Gasteiger partial charge is 0.397 e. The number of nitrogens with two attached hydrogens (primary N) is 2. The molecule has 0 spiro atoms. The monoisotopic (exact) mass is 298 g/mol. The van der Waals surface area contributed by atoms with Crippen molar-refractivity contribution >= 4 is 27.3 Å². The summed E-state index contributed by atoms with van der Waals surface area (Å²) in [5, 5.41) is 10.8. The van der Waals surface area contributed by atoms with Gasteiger partial charge in [0.05, 0.1) is 16.3 Å². The number of nitrogens with one attached hydrogen (secondary N) is 2.